The van der Waals surface area contributed by atoms with Crippen LogP contribution in [0.3, 0.4) is 0 Å². The van der Waals surface area contributed by atoms with E-state index in [2.05, 4.69) is 148 Å². The first-order chi connectivity index (χ1) is 25.5. The lowest BCUT2D eigenvalue weighted by Crippen LogP contribution is -2.59. The van der Waals surface area contributed by atoms with Crippen LogP contribution >= 0.6 is 0 Å². The second-order valence-corrected chi connectivity index (χ2v) is 16.9. The zero-order valence-corrected chi connectivity index (χ0v) is 32.0. The molecule has 3 nitrogen and oxygen atoms in total. The molecule has 0 amide bonds. The molecule has 6 aromatic carbocycles. The zero-order valence-electron chi connectivity index (χ0n) is 32.0. The van der Waals surface area contributed by atoms with E-state index < -0.39 is 0 Å². The standard InChI is InChI=1S/C49H44BN3/c1-26(2)30-13-15-43-37(18-30)39-20-33(28(5)6)22-41-48(39)52(43)45-24-35(32-11-10-12-36(17-32)51-9)25-46-47(45)50(41)42-23-34(29(7)8)21-40-38-19-31(27(3)4)14-16-44(38)53(46)49(40)42/h10-29H,1-8H3. The predicted molar refractivity (Wildman–Crippen MR) is 228 cm³/mol. The Balaban J connectivity index is 1.45. The van der Waals surface area contributed by atoms with Crippen LogP contribution in [-0.2, 0) is 0 Å². The van der Waals surface area contributed by atoms with Gasteiger partial charge in [0.05, 0.1) is 17.6 Å². The van der Waals surface area contributed by atoms with E-state index in [4.69, 9.17) is 6.57 Å². The number of aromatic nitrogens is 2. The van der Waals surface area contributed by atoms with Crippen LogP contribution in [0.25, 0.3) is 71.0 Å². The Hall–Kier alpha value is -5.53. The van der Waals surface area contributed by atoms with Gasteiger partial charge in [0, 0.05) is 44.0 Å². The number of fused-ring (bicyclic) bond motifs is 10. The van der Waals surface area contributed by atoms with Gasteiger partial charge in [0.25, 0.3) is 6.71 Å². The van der Waals surface area contributed by atoms with Gasteiger partial charge in [-0.2, -0.15) is 0 Å². The molecule has 0 N–H and O–H groups in total. The van der Waals surface area contributed by atoms with E-state index in [0.29, 0.717) is 29.4 Å². The van der Waals surface area contributed by atoms with E-state index in [1.54, 1.807) is 0 Å². The highest BCUT2D eigenvalue weighted by atomic mass is 15.0. The monoisotopic (exact) mass is 685 g/mol. The van der Waals surface area contributed by atoms with Crippen LogP contribution < -0.4 is 16.4 Å². The van der Waals surface area contributed by atoms with Crippen molar-refractivity contribution in [3.05, 3.63) is 131 Å². The Morgan fingerprint density at radius 1 is 0.491 bits per heavy atom. The fraction of sp³-hybridized carbons (Fsp3) is 0.245. The lowest BCUT2D eigenvalue weighted by Gasteiger charge is -2.35. The minimum atomic E-state index is 0.0776. The Kier molecular flexibility index (Phi) is 6.82. The maximum atomic E-state index is 7.83. The van der Waals surface area contributed by atoms with E-state index in [1.165, 1.54) is 93.6 Å². The lowest BCUT2D eigenvalue weighted by atomic mass is 9.34. The van der Waals surface area contributed by atoms with E-state index in [-0.39, 0.29) is 6.71 Å². The van der Waals surface area contributed by atoms with Gasteiger partial charge in [0.1, 0.15) is 0 Å². The second-order valence-electron chi connectivity index (χ2n) is 16.9. The summed E-state index contributed by atoms with van der Waals surface area (Å²) in [5, 5.41) is 5.35. The third-order valence-corrected chi connectivity index (χ3v) is 12.4. The van der Waals surface area contributed by atoms with Gasteiger partial charge in [-0.3, -0.25) is 0 Å². The maximum absolute atomic E-state index is 7.83. The summed E-state index contributed by atoms with van der Waals surface area (Å²) in [6, 6.07) is 37.3. The molecule has 2 aromatic heterocycles. The molecule has 0 unspecified atom stereocenters. The van der Waals surface area contributed by atoms with Crippen molar-refractivity contribution in [3.63, 3.8) is 0 Å². The Morgan fingerprint density at radius 3 is 1.42 bits per heavy atom. The van der Waals surface area contributed by atoms with Gasteiger partial charge in [0.15, 0.2) is 5.69 Å². The Bertz CT molecular complexity index is 2760. The SMILES string of the molecule is [C-]#[N+]c1cccc(-c2cc3c4c(c2)-n2c5ccc(C(C)C)cc5c5cc(C(C)C)cc(c52)B4c2cc(C(C)C)cc4c5cc(C(C)C)ccc5n-3c24)c1. The molecule has 0 radical (unpaired) electrons. The maximum Gasteiger partial charge on any atom is 0.252 e. The minimum absolute atomic E-state index is 0.0776. The van der Waals surface area contributed by atoms with Gasteiger partial charge in [0.2, 0.25) is 0 Å². The smallest absolute Gasteiger partial charge is 0.252 e. The van der Waals surface area contributed by atoms with Crippen molar-refractivity contribution < 1.29 is 0 Å². The average molecular weight is 686 g/mol. The highest BCUT2D eigenvalue weighted by molar-refractivity contribution is 7.00. The molecule has 0 saturated carbocycles. The zero-order chi connectivity index (χ0) is 36.6. The molecule has 0 bridgehead atoms. The van der Waals surface area contributed by atoms with Crippen LogP contribution in [-0.4, -0.2) is 15.8 Å². The van der Waals surface area contributed by atoms with Crippen LogP contribution in [0.15, 0.2) is 97.1 Å². The highest BCUT2D eigenvalue weighted by Crippen LogP contribution is 2.43. The third-order valence-electron chi connectivity index (χ3n) is 12.4. The second kappa shape index (κ2) is 11.2. The molecule has 10 rings (SSSR count). The molecule has 53 heavy (non-hydrogen) atoms. The van der Waals surface area contributed by atoms with Crippen LogP contribution in [0.5, 0.6) is 0 Å². The molecule has 258 valence electrons. The van der Waals surface area contributed by atoms with Crippen LogP contribution in [0, 0.1) is 6.57 Å². The molecule has 4 heterocycles. The van der Waals surface area contributed by atoms with Crippen molar-refractivity contribution in [3.8, 4) is 22.5 Å². The fourth-order valence-corrected chi connectivity index (χ4v) is 9.45. The van der Waals surface area contributed by atoms with E-state index in [9.17, 15) is 0 Å². The van der Waals surface area contributed by atoms with Crippen LogP contribution in [0.1, 0.15) is 101 Å². The summed E-state index contributed by atoms with van der Waals surface area (Å²) < 4.78 is 5.17. The van der Waals surface area contributed by atoms with Crippen LogP contribution in [0.4, 0.5) is 5.69 Å². The topological polar surface area (TPSA) is 14.2 Å². The normalized spacial score (nSPS) is 13.2. The summed E-state index contributed by atoms with van der Waals surface area (Å²) in [6.45, 7) is 26.4. The molecular formula is C49H44BN3. The molecule has 4 heteroatoms. The molecular weight excluding hydrogens is 641 g/mol. The average Bonchev–Trinajstić information content (AvgIpc) is 3.67. The lowest BCUT2D eigenvalue weighted by molar-refractivity contribution is 0.868. The molecule has 0 saturated heterocycles. The summed E-state index contributed by atoms with van der Waals surface area (Å²) in [5.41, 5.74) is 20.2. The quantitative estimate of drug-likeness (QED) is 0.126. The van der Waals surface area contributed by atoms with Gasteiger partial charge in [-0.05, 0) is 128 Å². The van der Waals surface area contributed by atoms with E-state index in [1.807, 2.05) is 18.2 Å². The van der Waals surface area contributed by atoms with Crippen molar-refractivity contribution >= 4 is 72.4 Å². The van der Waals surface area contributed by atoms with Crippen molar-refractivity contribution in [2.75, 3.05) is 0 Å². The third kappa shape index (κ3) is 4.40. The predicted octanol–water partition coefficient (Wildman–Crippen LogP) is 11.7. The van der Waals surface area contributed by atoms with E-state index >= 15 is 0 Å². The van der Waals surface area contributed by atoms with Crippen molar-refractivity contribution in [2.24, 2.45) is 0 Å². The van der Waals surface area contributed by atoms with Crippen molar-refractivity contribution in [2.45, 2.75) is 79.1 Å². The Morgan fingerprint density at radius 2 is 0.962 bits per heavy atom. The van der Waals surface area contributed by atoms with E-state index in [0.717, 1.165) is 11.1 Å². The summed E-state index contributed by atoms with van der Waals surface area (Å²) in [4.78, 5) is 3.83. The number of rotatable bonds is 5. The molecule has 2 aliphatic rings. The number of hydrogen-bond donors (Lipinski definition) is 0. The van der Waals surface area contributed by atoms with Crippen molar-refractivity contribution in [1.82, 2.24) is 9.13 Å². The van der Waals surface area contributed by atoms with Gasteiger partial charge in [-0.15, -0.1) is 0 Å². The first-order valence-corrected chi connectivity index (χ1v) is 19.4. The van der Waals surface area contributed by atoms with Gasteiger partial charge >= 0.3 is 0 Å². The Labute approximate surface area is 312 Å². The minimum Gasteiger partial charge on any atom is -0.310 e. The van der Waals surface area contributed by atoms with Gasteiger partial charge in [-0.25, -0.2) is 4.85 Å². The highest BCUT2D eigenvalue weighted by Gasteiger charge is 2.42. The van der Waals surface area contributed by atoms with Gasteiger partial charge in [-0.1, -0.05) is 97.9 Å². The summed E-state index contributed by atoms with van der Waals surface area (Å²) in [6.07, 6.45) is 0. The first-order valence-electron chi connectivity index (χ1n) is 19.4. The summed E-state index contributed by atoms with van der Waals surface area (Å²) >= 11 is 0. The molecule has 0 spiro atoms. The molecule has 0 aliphatic carbocycles. The number of hydrogen-bond acceptors (Lipinski definition) is 0. The largest absolute Gasteiger partial charge is 0.310 e. The first kappa shape index (κ1) is 32.2. The molecule has 0 fully saturated rings. The molecule has 2 aliphatic heterocycles. The fourth-order valence-electron chi connectivity index (χ4n) is 9.45. The van der Waals surface area contributed by atoms with Crippen molar-refractivity contribution in [1.29, 1.82) is 0 Å². The van der Waals surface area contributed by atoms with Crippen LogP contribution in [0.2, 0.25) is 0 Å². The number of nitrogens with zero attached hydrogens (tertiary/aromatic N) is 3. The number of benzene rings is 6. The van der Waals surface area contributed by atoms with Gasteiger partial charge < -0.3 is 9.13 Å². The molecule has 8 aromatic rings. The molecule has 0 atom stereocenters. The summed E-state index contributed by atoms with van der Waals surface area (Å²) in [7, 11) is 0. The summed E-state index contributed by atoms with van der Waals surface area (Å²) in [5.74, 6) is 1.67.